The van der Waals surface area contributed by atoms with Crippen LogP contribution in [0, 0.1) is 5.92 Å². The third kappa shape index (κ3) is 5.94. The molecule has 1 rings (SSSR count). The van der Waals surface area contributed by atoms with Gasteiger partial charge in [-0.15, -0.1) is 0 Å². The number of carbonyl (C=O) groups is 1. The molecule has 0 saturated carbocycles. The Labute approximate surface area is 127 Å². The first-order valence-corrected chi connectivity index (χ1v) is 7.25. The highest BCUT2D eigenvalue weighted by Crippen LogP contribution is 2.29. The van der Waals surface area contributed by atoms with E-state index in [2.05, 4.69) is 24.5 Å². The summed E-state index contributed by atoms with van der Waals surface area (Å²) in [6.45, 7) is 6.36. The van der Waals surface area contributed by atoms with Crippen LogP contribution in [0.5, 0.6) is 11.5 Å². The van der Waals surface area contributed by atoms with E-state index >= 15 is 0 Å². The molecule has 0 radical (unpaired) electrons. The van der Waals surface area contributed by atoms with E-state index in [0.717, 1.165) is 12.8 Å². The molecule has 0 saturated heterocycles. The van der Waals surface area contributed by atoms with Crippen LogP contribution >= 0.6 is 0 Å². The summed E-state index contributed by atoms with van der Waals surface area (Å²) in [5.74, 6) is 1.86. The summed E-state index contributed by atoms with van der Waals surface area (Å²) in [5.41, 5.74) is 0.668. The summed E-state index contributed by atoms with van der Waals surface area (Å²) in [7, 11) is 3.14. The zero-order chi connectivity index (χ0) is 15.8. The van der Waals surface area contributed by atoms with E-state index in [-0.39, 0.29) is 12.1 Å². The zero-order valence-electron chi connectivity index (χ0n) is 13.5. The van der Waals surface area contributed by atoms with Gasteiger partial charge in [0.15, 0.2) is 11.5 Å². The molecule has 118 valence electrons. The minimum Gasteiger partial charge on any atom is -0.493 e. The topological polar surface area (TPSA) is 59.6 Å². The minimum absolute atomic E-state index is 0.146. The average molecular weight is 294 g/mol. The van der Waals surface area contributed by atoms with Gasteiger partial charge in [0.25, 0.3) is 0 Å². The van der Waals surface area contributed by atoms with Crippen molar-refractivity contribution >= 4 is 11.7 Å². The maximum absolute atomic E-state index is 11.9. The summed E-state index contributed by atoms with van der Waals surface area (Å²) < 4.78 is 10.4. The van der Waals surface area contributed by atoms with Gasteiger partial charge in [0.05, 0.1) is 14.2 Å². The Morgan fingerprint density at radius 3 is 2.33 bits per heavy atom. The fourth-order valence-corrected chi connectivity index (χ4v) is 1.96. The summed E-state index contributed by atoms with van der Waals surface area (Å²) in [6.07, 6.45) is 2.06. The van der Waals surface area contributed by atoms with E-state index < -0.39 is 0 Å². The van der Waals surface area contributed by atoms with Crippen LogP contribution in [0.25, 0.3) is 0 Å². The fourth-order valence-electron chi connectivity index (χ4n) is 1.96. The summed E-state index contributed by atoms with van der Waals surface area (Å²) in [5, 5.41) is 5.73. The van der Waals surface area contributed by atoms with E-state index in [1.165, 1.54) is 0 Å². The highest BCUT2D eigenvalue weighted by Gasteiger charge is 2.10. The van der Waals surface area contributed by atoms with Gasteiger partial charge in [0.2, 0.25) is 0 Å². The number of amides is 2. The van der Waals surface area contributed by atoms with Crippen molar-refractivity contribution in [2.24, 2.45) is 5.92 Å². The van der Waals surface area contributed by atoms with Crippen LogP contribution < -0.4 is 20.1 Å². The first-order valence-electron chi connectivity index (χ1n) is 7.25. The zero-order valence-corrected chi connectivity index (χ0v) is 13.5. The number of methoxy groups -OCH3 is 2. The van der Waals surface area contributed by atoms with Crippen LogP contribution in [0.4, 0.5) is 10.5 Å². The SMILES string of the molecule is COc1ccc(NC(=O)NC(C)CCC(C)C)cc1OC. The van der Waals surface area contributed by atoms with Gasteiger partial charge in [0.1, 0.15) is 0 Å². The van der Waals surface area contributed by atoms with Crippen LogP contribution in [0.15, 0.2) is 18.2 Å². The van der Waals surface area contributed by atoms with Crippen molar-refractivity contribution in [3.05, 3.63) is 18.2 Å². The van der Waals surface area contributed by atoms with Crippen molar-refractivity contribution < 1.29 is 14.3 Å². The number of carbonyl (C=O) groups excluding carboxylic acids is 1. The summed E-state index contributed by atoms with van der Waals surface area (Å²) in [6, 6.07) is 5.21. The molecule has 1 unspecified atom stereocenters. The Hall–Kier alpha value is -1.91. The number of urea groups is 1. The molecule has 21 heavy (non-hydrogen) atoms. The minimum atomic E-state index is -0.210. The van der Waals surface area contributed by atoms with Gasteiger partial charge in [-0.05, 0) is 37.8 Å². The maximum Gasteiger partial charge on any atom is 0.319 e. The molecule has 5 heteroatoms. The lowest BCUT2D eigenvalue weighted by molar-refractivity contribution is 0.248. The number of hydrogen-bond acceptors (Lipinski definition) is 3. The molecule has 0 aliphatic rings. The standard InChI is InChI=1S/C16H26N2O3/c1-11(2)6-7-12(3)17-16(19)18-13-8-9-14(20-4)15(10-13)21-5/h8-12H,6-7H2,1-5H3,(H2,17,18,19). The average Bonchev–Trinajstić information content (AvgIpc) is 2.44. The Bertz CT molecular complexity index is 461. The van der Waals surface area contributed by atoms with Gasteiger partial charge in [0, 0.05) is 17.8 Å². The van der Waals surface area contributed by atoms with Crippen LogP contribution in [0.3, 0.4) is 0 Å². The van der Waals surface area contributed by atoms with Crippen molar-refractivity contribution in [2.75, 3.05) is 19.5 Å². The lowest BCUT2D eigenvalue weighted by atomic mass is 10.0. The van der Waals surface area contributed by atoms with Crippen LogP contribution in [0.2, 0.25) is 0 Å². The first-order chi connectivity index (χ1) is 9.96. The molecule has 1 atom stereocenters. The lowest BCUT2D eigenvalue weighted by Crippen LogP contribution is -2.36. The lowest BCUT2D eigenvalue weighted by Gasteiger charge is -2.16. The van der Waals surface area contributed by atoms with Gasteiger partial charge in [-0.1, -0.05) is 13.8 Å². The van der Waals surface area contributed by atoms with Crippen molar-refractivity contribution in [1.82, 2.24) is 5.32 Å². The second-order valence-corrected chi connectivity index (χ2v) is 5.54. The van der Waals surface area contributed by atoms with Gasteiger partial charge in [-0.25, -0.2) is 4.79 Å². The normalized spacial score (nSPS) is 11.9. The monoisotopic (exact) mass is 294 g/mol. The molecule has 0 aromatic heterocycles. The molecule has 0 aliphatic carbocycles. The molecule has 0 spiro atoms. The predicted octanol–water partition coefficient (Wildman–Crippen LogP) is 3.65. The van der Waals surface area contributed by atoms with E-state index in [0.29, 0.717) is 23.1 Å². The Morgan fingerprint density at radius 1 is 1.10 bits per heavy atom. The largest absolute Gasteiger partial charge is 0.493 e. The van der Waals surface area contributed by atoms with E-state index in [4.69, 9.17) is 9.47 Å². The Balaban J connectivity index is 2.54. The number of nitrogens with one attached hydrogen (secondary N) is 2. The third-order valence-corrected chi connectivity index (χ3v) is 3.20. The quantitative estimate of drug-likeness (QED) is 0.807. The van der Waals surface area contributed by atoms with E-state index in [9.17, 15) is 4.79 Å². The van der Waals surface area contributed by atoms with Gasteiger partial charge < -0.3 is 20.1 Å². The smallest absolute Gasteiger partial charge is 0.319 e. The predicted molar refractivity (Wildman–Crippen MR) is 85.2 cm³/mol. The maximum atomic E-state index is 11.9. The second kappa shape index (κ2) is 8.39. The number of benzene rings is 1. The number of hydrogen-bond donors (Lipinski definition) is 2. The number of anilines is 1. The number of ether oxygens (including phenoxy) is 2. The highest BCUT2D eigenvalue weighted by molar-refractivity contribution is 5.89. The van der Waals surface area contributed by atoms with E-state index in [1.807, 2.05) is 6.92 Å². The van der Waals surface area contributed by atoms with Crippen molar-refractivity contribution in [3.8, 4) is 11.5 Å². The van der Waals surface area contributed by atoms with Gasteiger partial charge in [-0.3, -0.25) is 0 Å². The molecule has 0 bridgehead atoms. The van der Waals surface area contributed by atoms with Gasteiger partial charge >= 0.3 is 6.03 Å². The molecule has 1 aromatic rings. The molecule has 2 N–H and O–H groups in total. The van der Waals surface area contributed by atoms with Gasteiger partial charge in [-0.2, -0.15) is 0 Å². The molecular formula is C16H26N2O3. The fraction of sp³-hybridized carbons (Fsp3) is 0.562. The van der Waals surface area contributed by atoms with Crippen molar-refractivity contribution in [2.45, 2.75) is 39.7 Å². The Kier molecular flexibility index (Phi) is 6.85. The van der Waals surface area contributed by atoms with Crippen LogP contribution in [-0.4, -0.2) is 26.3 Å². The van der Waals surface area contributed by atoms with Crippen LogP contribution in [-0.2, 0) is 0 Å². The highest BCUT2D eigenvalue weighted by atomic mass is 16.5. The van der Waals surface area contributed by atoms with Crippen molar-refractivity contribution in [1.29, 1.82) is 0 Å². The van der Waals surface area contributed by atoms with Crippen molar-refractivity contribution in [3.63, 3.8) is 0 Å². The Morgan fingerprint density at radius 2 is 1.76 bits per heavy atom. The molecule has 5 nitrogen and oxygen atoms in total. The van der Waals surface area contributed by atoms with Crippen LogP contribution in [0.1, 0.15) is 33.6 Å². The molecule has 0 heterocycles. The molecule has 0 fully saturated rings. The summed E-state index contributed by atoms with van der Waals surface area (Å²) >= 11 is 0. The second-order valence-electron chi connectivity index (χ2n) is 5.54. The van der Waals surface area contributed by atoms with E-state index in [1.54, 1.807) is 32.4 Å². The molecule has 1 aromatic carbocycles. The third-order valence-electron chi connectivity index (χ3n) is 3.20. The summed E-state index contributed by atoms with van der Waals surface area (Å²) in [4.78, 5) is 11.9. The molecule has 2 amide bonds. The first kappa shape index (κ1) is 17.1. The molecule has 0 aliphatic heterocycles. The number of rotatable bonds is 7. The molecular weight excluding hydrogens is 268 g/mol.